The average molecular weight is 352 g/mol. The van der Waals surface area contributed by atoms with E-state index in [2.05, 4.69) is 11.4 Å². The minimum Gasteiger partial charge on any atom is -0.346 e. The summed E-state index contributed by atoms with van der Waals surface area (Å²) in [6.07, 6.45) is 3.63. The first-order valence-electron chi connectivity index (χ1n) is 8.12. The van der Waals surface area contributed by atoms with Crippen molar-refractivity contribution in [3.05, 3.63) is 70.4 Å². The first-order valence-corrected chi connectivity index (χ1v) is 8.50. The highest BCUT2D eigenvalue weighted by Crippen LogP contribution is 2.27. The van der Waals surface area contributed by atoms with Gasteiger partial charge in [0.05, 0.1) is 0 Å². The fourth-order valence-electron chi connectivity index (χ4n) is 2.86. The van der Waals surface area contributed by atoms with Crippen LogP contribution in [0.5, 0.6) is 0 Å². The number of amides is 1. The van der Waals surface area contributed by atoms with E-state index in [1.54, 1.807) is 18.3 Å². The van der Waals surface area contributed by atoms with Crippen LogP contribution in [0.3, 0.4) is 0 Å². The Morgan fingerprint density at radius 1 is 1.32 bits per heavy atom. The fourth-order valence-corrected chi connectivity index (χ4v) is 3.04. The summed E-state index contributed by atoms with van der Waals surface area (Å²) in [5.74, 6) is -0.439. The molecule has 4 nitrogen and oxygen atoms in total. The lowest BCUT2D eigenvalue weighted by atomic mass is 10.0. The molecule has 25 heavy (non-hydrogen) atoms. The Hall–Kier alpha value is -2.77. The van der Waals surface area contributed by atoms with Gasteiger partial charge in [-0.2, -0.15) is 5.26 Å². The van der Waals surface area contributed by atoms with Crippen LogP contribution in [-0.4, -0.2) is 12.5 Å². The van der Waals surface area contributed by atoms with Gasteiger partial charge in [-0.25, -0.2) is 0 Å². The fraction of sp³-hybridized carbons (Fsp3) is 0.200. The molecule has 1 heterocycles. The van der Waals surface area contributed by atoms with Crippen LogP contribution >= 0.6 is 11.6 Å². The third kappa shape index (κ3) is 3.84. The maximum Gasteiger partial charge on any atom is 0.267 e. The number of fused-ring (bicyclic) bond motifs is 1. The zero-order valence-electron chi connectivity index (χ0n) is 13.9. The Labute approximate surface area is 152 Å². The van der Waals surface area contributed by atoms with E-state index in [4.69, 9.17) is 11.6 Å². The lowest BCUT2D eigenvalue weighted by Crippen LogP contribution is -2.26. The molecule has 0 aromatic heterocycles. The molecule has 0 saturated heterocycles. The van der Waals surface area contributed by atoms with E-state index in [1.165, 1.54) is 5.56 Å². The van der Waals surface area contributed by atoms with Crippen LogP contribution in [0.25, 0.3) is 0 Å². The van der Waals surface area contributed by atoms with Gasteiger partial charge in [-0.1, -0.05) is 35.9 Å². The van der Waals surface area contributed by atoms with E-state index >= 15 is 0 Å². The van der Waals surface area contributed by atoms with Crippen molar-refractivity contribution in [2.45, 2.75) is 19.8 Å². The van der Waals surface area contributed by atoms with E-state index in [-0.39, 0.29) is 5.57 Å². The highest BCUT2D eigenvalue weighted by atomic mass is 35.5. The smallest absolute Gasteiger partial charge is 0.267 e. The Morgan fingerprint density at radius 2 is 2.12 bits per heavy atom. The van der Waals surface area contributed by atoms with Crippen molar-refractivity contribution in [1.29, 1.82) is 5.26 Å². The Balaban J connectivity index is 1.82. The Bertz CT molecular complexity index is 883. The molecule has 126 valence electrons. The number of para-hydroxylation sites is 1. The third-order valence-electron chi connectivity index (χ3n) is 4.23. The van der Waals surface area contributed by atoms with Gasteiger partial charge in [0.2, 0.25) is 0 Å². The Morgan fingerprint density at radius 3 is 2.88 bits per heavy atom. The minimum absolute atomic E-state index is 0.0633. The number of carbonyl (C=O) groups is 1. The second-order valence-electron chi connectivity index (χ2n) is 6.00. The van der Waals surface area contributed by atoms with E-state index in [9.17, 15) is 10.1 Å². The predicted molar refractivity (Wildman–Crippen MR) is 101 cm³/mol. The van der Waals surface area contributed by atoms with E-state index in [0.717, 1.165) is 30.6 Å². The number of aryl methyl sites for hydroxylation is 2. The van der Waals surface area contributed by atoms with E-state index in [0.29, 0.717) is 10.7 Å². The van der Waals surface area contributed by atoms with Crippen LogP contribution in [0, 0.1) is 18.3 Å². The first kappa shape index (κ1) is 17.1. The van der Waals surface area contributed by atoms with Crippen molar-refractivity contribution in [2.24, 2.45) is 0 Å². The van der Waals surface area contributed by atoms with Crippen molar-refractivity contribution >= 4 is 28.9 Å². The van der Waals surface area contributed by atoms with Crippen molar-refractivity contribution in [2.75, 3.05) is 16.8 Å². The predicted octanol–water partition coefficient (Wildman–Crippen LogP) is 4.45. The Kier molecular flexibility index (Phi) is 5.06. The summed E-state index contributed by atoms with van der Waals surface area (Å²) in [7, 11) is 0. The monoisotopic (exact) mass is 351 g/mol. The number of carbonyl (C=O) groups excluding carboxylic acids is 1. The van der Waals surface area contributed by atoms with Gasteiger partial charge in [0, 0.05) is 29.1 Å². The van der Waals surface area contributed by atoms with Gasteiger partial charge >= 0.3 is 0 Å². The molecule has 0 radical (unpaired) electrons. The van der Waals surface area contributed by atoms with Gasteiger partial charge in [0.1, 0.15) is 11.6 Å². The average Bonchev–Trinajstić information content (AvgIpc) is 2.62. The summed E-state index contributed by atoms with van der Waals surface area (Å²) in [6.45, 7) is 2.67. The quantitative estimate of drug-likeness (QED) is 0.656. The minimum atomic E-state index is -0.439. The number of benzene rings is 2. The van der Waals surface area contributed by atoms with Crippen LogP contribution in [0.1, 0.15) is 17.5 Å². The van der Waals surface area contributed by atoms with E-state index < -0.39 is 5.91 Å². The van der Waals surface area contributed by atoms with Gasteiger partial charge in [0.15, 0.2) is 0 Å². The molecule has 0 unspecified atom stereocenters. The van der Waals surface area contributed by atoms with Gasteiger partial charge in [0.25, 0.3) is 5.91 Å². The lowest BCUT2D eigenvalue weighted by Gasteiger charge is -2.28. The number of nitriles is 1. The summed E-state index contributed by atoms with van der Waals surface area (Å²) in [4.78, 5) is 14.4. The molecule has 1 aliphatic rings. The van der Waals surface area contributed by atoms with Crippen LogP contribution in [0.4, 0.5) is 11.4 Å². The molecular weight excluding hydrogens is 334 g/mol. The zero-order chi connectivity index (χ0) is 17.8. The molecule has 1 N–H and O–H groups in total. The van der Waals surface area contributed by atoms with Gasteiger partial charge < -0.3 is 10.2 Å². The summed E-state index contributed by atoms with van der Waals surface area (Å²) >= 11 is 6.08. The van der Waals surface area contributed by atoms with E-state index in [1.807, 2.05) is 42.2 Å². The molecule has 0 spiro atoms. The SMILES string of the molecule is Cc1ccc(NC(=O)/C(C#N)=C\N2CCCc3ccccc32)cc1Cl. The number of nitrogens with zero attached hydrogens (tertiary/aromatic N) is 2. The van der Waals surface area contributed by atoms with Crippen LogP contribution in [0.15, 0.2) is 54.2 Å². The standard InChI is InChI=1S/C20H18ClN3O/c1-14-8-9-17(11-18(14)21)23-20(25)16(12-22)13-24-10-4-6-15-5-2-3-7-19(15)24/h2-3,5,7-9,11,13H,4,6,10H2,1H3,(H,23,25)/b16-13-. The molecular formula is C20H18ClN3O. The molecule has 0 fully saturated rings. The molecule has 1 aliphatic heterocycles. The maximum atomic E-state index is 12.5. The lowest BCUT2D eigenvalue weighted by molar-refractivity contribution is -0.112. The highest BCUT2D eigenvalue weighted by Gasteiger charge is 2.18. The second kappa shape index (κ2) is 7.42. The summed E-state index contributed by atoms with van der Waals surface area (Å²) in [5, 5.41) is 12.7. The number of hydrogen-bond acceptors (Lipinski definition) is 3. The van der Waals surface area contributed by atoms with Gasteiger partial charge in [-0.05, 0) is 49.1 Å². The van der Waals surface area contributed by atoms with Crippen LogP contribution in [0.2, 0.25) is 5.02 Å². The molecule has 3 rings (SSSR count). The van der Waals surface area contributed by atoms with Crippen molar-refractivity contribution in [3.63, 3.8) is 0 Å². The second-order valence-corrected chi connectivity index (χ2v) is 6.41. The number of anilines is 2. The van der Waals surface area contributed by atoms with Crippen molar-refractivity contribution in [3.8, 4) is 6.07 Å². The number of rotatable bonds is 3. The molecule has 0 bridgehead atoms. The van der Waals surface area contributed by atoms with Crippen LogP contribution < -0.4 is 10.2 Å². The van der Waals surface area contributed by atoms with Crippen molar-refractivity contribution in [1.82, 2.24) is 0 Å². The number of hydrogen-bond donors (Lipinski definition) is 1. The molecule has 2 aromatic rings. The normalized spacial score (nSPS) is 13.8. The summed E-state index contributed by atoms with van der Waals surface area (Å²) in [5.41, 5.74) is 3.84. The van der Waals surface area contributed by atoms with Crippen LogP contribution in [-0.2, 0) is 11.2 Å². The van der Waals surface area contributed by atoms with Crippen molar-refractivity contribution < 1.29 is 4.79 Å². The topological polar surface area (TPSA) is 56.1 Å². The number of nitrogens with one attached hydrogen (secondary N) is 1. The van der Waals surface area contributed by atoms with Gasteiger partial charge in [-0.3, -0.25) is 4.79 Å². The largest absolute Gasteiger partial charge is 0.346 e. The molecule has 5 heteroatoms. The molecule has 1 amide bonds. The summed E-state index contributed by atoms with van der Waals surface area (Å²) < 4.78 is 0. The third-order valence-corrected chi connectivity index (χ3v) is 4.63. The molecule has 2 aromatic carbocycles. The number of halogens is 1. The molecule has 0 saturated carbocycles. The maximum absolute atomic E-state index is 12.5. The molecule has 0 aliphatic carbocycles. The first-order chi connectivity index (χ1) is 12.1. The summed E-state index contributed by atoms with van der Waals surface area (Å²) in [6, 6.07) is 15.3. The molecule has 0 atom stereocenters. The highest BCUT2D eigenvalue weighted by molar-refractivity contribution is 6.31. The van der Waals surface area contributed by atoms with Gasteiger partial charge in [-0.15, -0.1) is 0 Å². The zero-order valence-corrected chi connectivity index (χ0v) is 14.7.